The van der Waals surface area contributed by atoms with Gasteiger partial charge in [-0.3, -0.25) is 4.79 Å². The lowest BCUT2D eigenvalue weighted by Gasteiger charge is -2.04. The molecule has 0 fully saturated rings. The molecule has 0 aliphatic heterocycles. The number of anilines is 1. The molecule has 0 aliphatic carbocycles. The average Bonchev–Trinajstić information content (AvgIpc) is 2.80. The third-order valence-corrected chi connectivity index (χ3v) is 3.90. The number of carbonyl (C=O) groups is 2. The summed E-state index contributed by atoms with van der Waals surface area (Å²) in [7, 11) is 0. The van der Waals surface area contributed by atoms with Crippen molar-refractivity contribution in [1.29, 1.82) is 0 Å². The van der Waals surface area contributed by atoms with E-state index in [-0.39, 0.29) is 11.3 Å². The number of para-hydroxylation sites is 1. The highest BCUT2D eigenvalue weighted by atomic mass is 32.1. The maximum atomic E-state index is 12.1. The molecular weight excluding hydrogens is 290 g/mol. The van der Waals surface area contributed by atoms with Gasteiger partial charge in [0.15, 0.2) is 0 Å². The molecule has 5 nitrogen and oxygen atoms in total. The zero-order valence-corrected chi connectivity index (χ0v) is 12.5. The number of rotatable bonds is 4. The van der Waals surface area contributed by atoms with Gasteiger partial charge >= 0.3 is 5.97 Å². The molecule has 110 valence electrons. The normalized spacial score (nSPS) is 10.2. The molecule has 6 heteroatoms. The Morgan fingerprint density at radius 3 is 2.71 bits per heavy atom. The molecule has 21 heavy (non-hydrogen) atoms. The van der Waals surface area contributed by atoms with Gasteiger partial charge in [0.25, 0.3) is 5.91 Å². The quantitative estimate of drug-likeness (QED) is 0.851. The lowest BCUT2D eigenvalue weighted by molar-refractivity contribution is 0.0531. The van der Waals surface area contributed by atoms with Crippen molar-refractivity contribution >= 4 is 28.2 Å². The predicted molar refractivity (Wildman–Crippen MR) is 81.1 cm³/mol. The zero-order valence-electron chi connectivity index (χ0n) is 11.7. The first-order valence-electron chi connectivity index (χ1n) is 6.39. The summed E-state index contributed by atoms with van der Waals surface area (Å²) >= 11 is 1.15. The van der Waals surface area contributed by atoms with Gasteiger partial charge in [-0.05, 0) is 37.6 Å². The first kappa shape index (κ1) is 15.1. The number of phenolic OH excluding ortho intramolecular Hbond substituents is 1. The van der Waals surface area contributed by atoms with E-state index >= 15 is 0 Å². The minimum absolute atomic E-state index is 0.0890. The van der Waals surface area contributed by atoms with E-state index in [1.54, 1.807) is 32.0 Å². The Morgan fingerprint density at radius 2 is 2.05 bits per heavy atom. The Morgan fingerprint density at radius 1 is 1.33 bits per heavy atom. The number of nitrogens with one attached hydrogen (secondary N) is 1. The highest BCUT2D eigenvalue weighted by molar-refractivity contribution is 7.18. The van der Waals surface area contributed by atoms with Gasteiger partial charge in [0.2, 0.25) is 0 Å². The van der Waals surface area contributed by atoms with Crippen molar-refractivity contribution in [2.75, 3.05) is 11.9 Å². The molecule has 0 aliphatic rings. The van der Waals surface area contributed by atoms with Crippen molar-refractivity contribution in [1.82, 2.24) is 0 Å². The largest absolute Gasteiger partial charge is 0.507 e. The smallest absolute Gasteiger partial charge is 0.348 e. The van der Waals surface area contributed by atoms with Crippen LogP contribution in [-0.2, 0) is 4.74 Å². The Balaban J connectivity index is 2.17. The van der Waals surface area contributed by atoms with Crippen LogP contribution < -0.4 is 5.32 Å². The summed E-state index contributed by atoms with van der Waals surface area (Å²) in [5.41, 5.74) is 0.923. The van der Waals surface area contributed by atoms with Gasteiger partial charge in [0.05, 0.1) is 17.2 Å². The number of hydrogen-bond acceptors (Lipinski definition) is 5. The van der Waals surface area contributed by atoms with E-state index in [1.165, 1.54) is 12.1 Å². The number of hydrogen-bond donors (Lipinski definition) is 2. The van der Waals surface area contributed by atoms with Gasteiger partial charge in [-0.25, -0.2) is 4.79 Å². The molecule has 0 spiro atoms. The Hall–Kier alpha value is -2.34. The van der Waals surface area contributed by atoms with Crippen LogP contribution in [0.5, 0.6) is 5.75 Å². The Kier molecular flexibility index (Phi) is 4.59. The molecule has 2 aromatic rings. The van der Waals surface area contributed by atoms with Crippen LogP contribution in [0, 0.1) is 6.92 Å². The standard InChI is InChI=1S/C15H15NO4S/c1-3-20-15(19)13-9(2)8-12(21-13)16-14(18)10-6-4-5-7-11(10)17/h4-8,17H,3H2,1-2H3,(H,16,18). The van der Waals surface area contributed by atoms with Crippen LogP contribution in [-0.4, -0.2) is 23.6 Å². The first-order chi connectivity index (χ1) is 10.0. The van der Waals surface area contributed by atoms with E-state index in [1.807, 2.05) is 0 Å². The van der Waals surface area contributed by atoms with Crippen molar-refractivity contribution in [3.63, 3.8) is 0 Å². The number of aryl methyl sites for hydroxylation is 1. The second-order valence-corrected chi connectivity index (χ2v) is 5.37. The summed E-state index contributed by atoms with van der Waals surface area (Å²) < 4.78 is 4.95. The van der Waals surface area contributed by atoms with Gasteiger partial charge in [0, 0.05) is 0 Å². The molecule has 1 heterocycles. The van der Waals surface area contributed by atoms with Crippen molar-refractivity contribution < 1.29 is 19.4 Å². The van der Waals surface area contributed by atoms with Gasteiger partial charge in [-0.15, -0.1) is 11.3 Å². The molecule has 1 aromatic carbocycles. The van der Waals surface area contributed by atoms with E-state index in [2.05, 4.69) is 5.32 Å². The Bertz CT molecular complexity index is 678. The topological polar surface area (TPSA) is 75.6 Å². The maximum Gasteiger partial charge on any atom is 0.348 e. The summed E-state index contributed by atoms with van der Waals surface area (Å²) in [6.45, 7) is 3.82. The maximum absolute atomic E-state index is 12.1. The second-order valence-electron chi connectivity index (χ2n) is 4.31. The Labute approximate surface area is 126 Å². The number of aromatic hydroxyl groups is 1. The summed E-state index contributed by atoms with van der Waals surface area (Å²) in [5.74, 6) is -0.915. The predicted octanol–water partition coefficient (Wildman–Crippen LogP) is 3.19. The van der Waals surface area contributed by atoms with Crippen LogP contribution in [0.3, 0.4) is 0 Å². The van der Waals surface area contributed by atoms with Gasteiger partial charge < -0.3 is 15.2 Å². The molecule has 0 bridgehead atoms. The molecular formula is C15H15NO4S. The van der Waals surface area contributed by atoms with Crippen LogP contribution in [0.15, 0.2) is 30.3 Å². The van der Waals surface area contributed by atoms with E-state index in [0.29, 0.717) is 16.5 Å². The molecule has 0 saturated heterocycles. The molecule has 1 aromatic heterocycles. The summed E-state index contributed by atoms with van der Waals surface area (Å²) in [5, 5.41) is 12.8. The van der Waals surface area contributed by atoms with E-state index < -0.39 is 11.9 Å². The molecule has 0 unspecified atom stereocenters. The fourth-order valence-corrected chi connectivity index (χ4v) is 2.75. The van der Waals surface area contributed by atoms with E-state index in [0.717, 1.165) is 16.9 Å². The van der Waals surface area contributed by atoms with Gasteiger partial charge in [-0.1, -0.05) is 12.1 Å². The van der Waals surface area contributed by atoms with Crippen LogP contribution in [0.25, 0.3) is 0 Å². The average molecular weight is 305 g/mol. The lowest BCUT2D eigenvalue weighted by atomic mass is 10.2. The lowest BCUT2D eigenvalue weighted by Crippen LogP contribution is -2.10. The fourth-order valence-electron chi connectivity index (χ4n) is 1.79. The number of esters is 1. The van der Waals surface area contributed by atoms with Crippen molar-refractivity contribution in [3.05, 3.63) is 46.3 Å². The van der Waals surface area contributed by atoms with E-state index in [4.69, 9.17) is 4.74 Å². The summed E-state index contributed by atoms with van der Waals surface area (Å²) in [6.07, 6.45) is 0. The third kappa shape index (κ3) is 3.41. The van der Waals surface area contributed by atoms with Crippen molar-refractivity contribution in [3.8, 4) is 5.75 Å². The molecule has 2 rings (SSSR count). The number of benzene rings is 1. The first-order valence-corrected chi connectivity index (χ1v) is 7.21. The summed E-state index contributed by atoms with van der Waals surface area (Å²) in [6, 6.07) is 7.98. The van der Waals surface area contributed by atoms with Crippen LogP contribution in [0.4, 0.5) is 5.00 Å². The SMILES string of the molecule is CCOC(=O)c1sc(NC(=O)c2ccccc2O)cc1C. The highest BCUT2D eigenvalue weighted by Crippen LogP contribution is 2.28. The monoisotopic (exact) mass is 305 g/mol. The number of phenols is 1. The van der Waals surface area contributed by atoms with Crippen LogP contribution >= 0.6 is 11.3 Å². The van der Waals surface area contributed by atoms with Gasteiger partial charge in [-0.2, -0.15) is 0 Å². The van der Waals surface area contributed by atoms with E-state index in [9.17, 15) is 14.7 Å². The number of carbonyl (C=O) groups excluding carboxylic acids is 2. The zero-order chi connectivity index (χ0) is 15.4. The minimum Gasteiger partial charge on any atom is -0.507 e. The van der Waals surface area contributed by atoms with Crippen molar-refractivity contribution in [2.45, 2.75) is 13.8 Å². The summed E-state index contributed by atoms with van der Waals surface area (Å²) in [4.78, 5) is 24.3. The van der Waals surface area contributed by atoms with Crippen LogP contribution in [0.2, 0.25) is 0 Å². The number of thiophene rings is 1. The molecule has 2 N–H and O–H groups in total. The number of amides is 1. The molecule has 1 amide bonds. The van der Waals surface area contributed by atoms with Crippen LogP contribution in [0.1, 0.15) is 32.5 Å². The fraction of sp³-hybridized carbons (Fsp3) is 0.200. The molecule has 0 radical (unpaired) electrons. The number of ether oxygens (including phenoxy) is 1. The second kappa shape index (κ2) is 6.41. The van der Waals surface area contributed by atoms with Crippen molar-refractivity contribution in [2.24, 2.45) is 0 Å². The molecule has 0 atom stereocenters. The highest BCUT2D eigenvalue weighted by Gasteiger charge is 2.17. The minimum atomic E-state index is -0.426. The van der Waals surface area contributed by atoms with Gasteiger partial charge in [0.1, 0.15) is 10.6 Å². The molecule has 0 saturated carbocycles. The third-order valence-electron chi connectivity index (χ3n) is 2.76.